The van der Waals surface area contributed by atoms with Gasteiger partial charge in [0.1, 0.15) is 5.00 Å². The normalized spacial score (nSPS) is 12.7. The van der Waals surface area contributed by atoms with Gasteiger partial charge in [0.25, 0.3) is 0 Å². The topological polar surface area (TPSA) is 68.2 Å². The Morgan fingerprint density at radius 2 is 2.31 bits per heavy atom. The van der Waals surface area contributed by atoms with E-state index in [0.29, 0.717) is 22.2 Å². The summed E-state index contributed by atoms with van der Waals surface area (Å²) in [5.74, 6) is -0.305. The van der Waals surface area contributed by atoms with E-state index in [1.165, 1.54) is 12.0 Å². The van der Waals surface area contributed by atoms with Crippen LogP contribution in [0.1, 0.15) is 39.3 Å². The molecule has 0 radical (unpaired) electrons. The Hall–Kier alpha value is -1.64. The van der Waals surface area contributed by atoms with Crippen molar-refractivity contribution in [1.82, 2.24) is 15.1 Å². The fourth-order valence-electron chi connectivity index (χ4n) is 3.01. The maximum atomic E-state index is 12.1. The number of thiophene rings is 1. The van der Waals surface area contributed by atoms with E-state index < -0.39 is 0 Å². The van der Waals surface area contributed by atoms with Gasteiger partial charge in [-0.15, -0.1) is 11.3 Å². The van der Waals surface area contributed by atoms with Crippen molar-refractivity contribution in [3.05, 3.63) is 32.9 Å². The smallest absolute Gasteiger partial charge is 0.341 e. The molecule has 2 aromatic heterocycles. The van der Waals surface area contributed by atoms with Gasteiger partial charge in [0.15, 0.2) is 5.11 Å². The molecule has 9 heteroatoms. The number of hydrogen-bond acceptors (Lipinski definition) is 5. The van der Waals surface area contributed by atoms with E-state index in [0.717, 1.165) is 48.5 Å². The van der Waals surface area contributed by atoms with Crippen LogP contribution in [0.3, 0.4) is 0 Å². The lowest BCUT2D eigenvalue weighted by atomic mass is 10.1. The number of anilines is 1. The molecule has 0 aromatic carbocycles. The number of fused-ring (bicyclic) bond motifs is 1. The van der Waals surface area contributed by atoms with Gasteiger partial charge in [-0.1, -0.05) is 11.6 Å². The molecule has 26 heavy (non-hydrogen) atoms. The highest BCUT2D eigenvalue weighted by Crippen LogP contribution is 2.39. The molecule has 0 aliphatic heterocycles. The Kier molecular flexibility index (Phi) is 6.16. The number of aryl methyl sites for hydroxylation is 3. The number of carbonyl (C=O) groups is 1. The number of aromatic nitrogens is 2. The first-order valence-electron chi connectivity index (χ1n) is 8.47. The second-order valence-corrected chi connectivity index (χ2v) is 8.03. The Bertz CT molecular complexity index is 812. The molecule has 0 saturated carbocycles. The lowest BCUT2D eigenvalue weighted by Crippen LogP contribution is -2.30. The number of nitrogens with one attached hydrogen (secondary N) is 2. The predicted octanol–water partition coefficient (Wildman–Crippen LogP) is 3.56. The zero-order valence-corrected chi connectivity index (χ0v) is 17.1. The van der Waals surface area contributed by atoms with E-state index in [1.54, 1.807) is 11.3 Å². The molecule has 2 N–H and O–H groups in total. The van der Waals surface area contributed by atoms with Gasteiger partial charge in [-0.05, 0) is 50.4 Å². The Morgan fingerprint density at radius 1 is 1.50 bits per heavy atom. The fourth-order valence-corrected chi connectivity index (χ4v) is 4.71. The molecule has 1 aliphatic carbocycles. The molecular formula is C17H21ClN4O2S2. The van der Waals surface area contributed by atoms with Gasteiger partial charge in [-0.3, -0.25) is 4.68 Å². The van der Waals surface area contributed by atoms with E-state index >= 15 is 0 Å². The molecule has 2 heterocycles. The Morgan fingerprint density at radius 3 is 3.00 bits per heavy atom. The first kappa shape index (κ1) is 19.1. The van der Waals surface area contributed by atoms with E-state index in [-0.39, 0.29) is 5.97 Å². The Balaban J connectivity index is 1.53. The maximum absolute atomic E-state index is 12.1. The van der Waals surface area contributed by atoms with Gasteiger partial charge in [0, 0.05) is 24.2 Å². The Labute approximate surface area is 166 Å². The van der Waals surface area contributed by atoms with E-state index in [4.69, 9.17) is 28.6 Å². The highest BCUT2D eigenvalue weighted by molar-refractivity contribution is 7.80. The van der Waals surface area contributed by atoms with Gasteiger partial charge < -0.3 is 15.4 Å². The second kappa shape index (κ2) is 8.37. The lowest BCUT2D eigenvalue weighted by molar-refractivity contribution is 0.0601. The molecule has 6 nitrogen and oxygen atoms in total. The molecule has 2 aromatic rings. The summed E-state index contributed by atoms with van der Waals surface area (Å²) in [6.07, 6.45) is 5.69. The van der Waals surface area contributed by atoms with Crippen molar-refractivity contribution in [2.45, 2.75) is 39.2 Å². The standard InChI is InChI=1S/C17H21ClN4O2S2/c1-10-12(18)9-22(21-10)8-4-7-19-17(25)20-15-14(16(23)24-2)11-5-3-6-13(11)26-15/h9H,3-8H2,1-2H3,(H2,19,20,25). The minimum absolute atomic E-state index is 0.305. The van der Waals surface area contributed by atoms with Crippen LogP contribution in [0.2, 0.25) is 5.02 Å². The summed E-state index contributed by atoms with van der Waals surface area (Å²) in [6.45, 7) is 3.33. The molecule has 3 rings (SSSR count). The maximum Gasteiger partial charge on any atom is 0.341 e. The molecule has 140 valence electrons. The van der Waals surface area contributed by atoms with Crippen LogP contribution in [-0.2, 0) is 24.1 Å². The van der Waals surface area contributed by atoms with E-state index in [9.17, 15) is 4.79 Å². The summed E-state index contributed by atoms with van der Waals surface area (Å²) in [5, 5.41) is 12.6. The number of ether oxygens (including phenoxy) is 1. The monoisotopic (exact) mass is 412 g/mol. The quantitative estimate of drug-likeness (QED) is 0.429. The van der Waals surface area contributed by atoms with Crippen LogP contribution in [-0.4, -0.2) is 34.5 Å². The predicted molar refractivity (Wildman–Crippen MR) is 108 cm³/mol. The number of methoxy groups -OCH3 is 1. The molecule has 0 spiro atoms. The number of thiocarbonyl (C=S) groups is 1. The van der Waals surface area contributed by atoms with Crippen molar-refractivity contribution in [3.63, 3.8) is 0 Å². The van der Waals surface area contributed by atoms with Gasteiger partial charge in [0.2, 0.25) is 0 Å². The summed E-state index contributed by atoms with van der Waals surface area (Å²) in [6, 6.07) is 0. The van der Waals surface area contributed by atoms with Crippen LogP contribution >= 0.6 is 35.2 Å². The van der Waals surface area contributed by atoms with Crippen molar-refractivity contribution in [2.75, 3.05) is 19.0 Å². The SMILES string of the molecule is COC(=O)c1c(NC(=S)NCCCn2cc(Cl)c(C)n2)sc2c1CCC2. The van der Waals surface area contributed by atoms with Crippen molar-refractivity contribution >= 4 is 51.2 Å². The minimum Gasteiger partial charge on any atom is -0.465 e. The van der Waals surface area contributed by atoms with Crippen molar-refractivity contribution < 1.29 is 9.53 Å². The van der Waals surface area contributed by atoms with Crippen molar-refractivity contribution in [1.29, 1.82) is 0 Å². The summed E-state index contributed by atoms with van der Waals surface area (Å²) in [7, 11) is 1.41. The zero-order chi connectivity index (χ0) is 18.7. The minimum atomic E-state index is -0.305. The molecule has 0 atom stereocenters. The van der Waals surface area contributed by atoms with Crippen LogP contribution < -0.4 is 10.6 Å². The van der Waals surface area contributed by atoms with Gasteiger partial charge in [-0.25, -0.2) is 4.79 Å². The molecular weight excluding hydrogens is 392 g/mol. The number of carbonyl (C=O) groups excluding carboxylic acids is 1. The number of halogens is 1. The van der Waals surface area contributed by atoms with Gasteiger partial charge in [-0.2, -0.15) is 5.10 Å². The highest BCUT2D eigenvalue weighted by Gasteiger charge is 2.27. The molecule has 0 saturated heterocycles. The van der Waals surface area contributed by atoms with Crippen LogP contribution in [0.5, 0.6) is 0 Å². The zero-order valence-electron chi connectivity index (χ0n) is 14.7. The average Bonchev–Trinajstić information content (AvgIpc) is 3.26. The summed E-state index contributed by atoms with van der Waals surface area (Å²) < 4.78 is 6.77. The highest BCUT2D eigenvalue weighted by atomic mass is 35.5. The lowest BCUT2D eigenvalue weighted by Gasteiger charge is -2.11. The number of rotatable bonds is 6. The third kappa shape index (κ3) is 4.19. The first-order valence-corrected chi connectivity index (χ1v) is 10.1. The van der Waals surface area contributed by atoms with Crippen molar-refractivity contribution in [3.8, 4) is 0 Å². The van der Waals surface area contributed by atoms with Crippen LogP contribution in [0, 0.1) is 6.92 Å². The van der Waals surface area contributed by atoms with E-state index in [1.807, 2.05) is 17.8 Å². The van der Waals surface area contributed by atoms with Gasteiger partial charge in [0.05, 0.1) is 23.4 Å². The molecule has 0 amide bonds. The van der Waals surface area contributed by atoms with Gasteiger partial charge >= 0.3 is 5.97 Å². The summed E-state index contributed by atoms with van der Waals surface area (Å²) in [5.41, 5.74) is 2.58. The fraction of sp³-hybridized carbons (Fsp3) is 0.471. The van der Waals surface area contributed by atoms with Crippen LogP contribution in [0.15, 0.2) is 6.20 Å². The van der Waals surface area contributed by atoms with E-state index in [2.05, 4.69) is 15.7 Å². The number of esters is 1. The molecule has 0 fully saturated rings. The summed E-state index contributed by atoms with van der Waals surface area (Å²) >= 11 is 13.0. The second-order valence-electron chi connectivity index (χ2n) is 6.11. The largest absolute Gasteiger partial charge is 0.465 e. The molecule has 0 bridgehead atoms. The summed E-state index contributed by atoms with van der Waals surface area (Å²) in [4.78, 5) is 13.4. The number of nitrogens with zero attached hydrogens (tertiary/aromatic N) is 2. The molecule has 0 unspecified atom stereocenters. The van der Waals surface area contributed by atoms with Crippen LogP contribution in [0.4, 0.5) is 5.00 Å². The third-order valence-corrected chi connectivity index (χ3v) is 6.10. The van der Waals surface area contributed by atoms with Crippen molar-refractivity contribution in [2.24, 2.45) is 0 Å². The first-order chi connectivity index (χ1) is 12.5. The van der Waals surface area contributed by atoms with Crippen LogP contribution in [0.25, 0.3) is 0 Å². The number of hydrogen-bond donors (Lipinski definition) is 2. The average molecular weight is 413 g/mol. The molecule has 1 aliphatic rings. The third-order valence-electron chi connectivity index (χ3n) is 4.27.